The predicted molar refractivity (Wildman–Crippen MR) is 80.5 cm³/mol. The van der Waals surface area contributed by atoms with E-state index < -0.39 is 0 Å². The van der Waals surface area contributed by atoms with Crippen molar-refractivity contribution in [2.24, 2.45) is 0 Å². The fraction of sp³-hybridized carbons (Fsp3) is 0.588. The lowest BCUT2D eigenvalue weighted by Gasteiger charge is -2.21. The summed E-state index contributed by atoms with van der Waals surface area (Å²) < 4.78 is 0. The summed E-state index contributed by atoms with van der Waals surface area (Å²) in [4.78, 5) is 12.0. The van der Waals surface area contributed by atoms with Crippen LogP contribution in [-0.2, 0) is 11.2 Å². The lowest BCUT2D eigenvalue weighted by Crippen LogP contribution is -2.42. The van der Waals surface area contributed by atoms with Gasteiger partial charge in [-0.25, -0.2) is 0 Å². The zero-order valence-electron chi connectivity index (χ0n) is 12.3. The van der Waals surface area contributed by atoms with Crippen molar-refractivity contribution in [3.63, 3.8) is 0 Å². The average Bonchev–Trinajstić information content (AvgIpc) is 2.63. The number of rotatable bonds is 4. The van der Waals surface area contributed by atoms with Crippen molar-refractivity contribution in [1.29, 1.82) is 0 Å². The number of hydrogen-bond acceptors (Lipinski definition) is 2. The summed E-state index contributed by atoms with van der Waals surface area (Å²) in [6.07, 6.45) is 5.92. The van der Waals surface area contributed by atoms with Gasteiger partial charge in [0.1, 0.15) is 0 Å². The summed E-state index contributed by atoms with van der Waals surface area (Å²) in [6.45, 7) is 2.07. The van der Waals surface area contributed by atoms with Crippen LogP contribution < -0.4 is 5.32 Å². The van der Waals surface area contributed by atoms with E-state index in [0.717, 1.165) is 38.5 Å². The van der Waals surface area contributed by atoms with Crippen molar-refractivity contribution in [3.05, 3.63) is 35.4 Å². The second-order valence-corrected chi connectivity index (χ2v) is 5.81. The Balaban J connectivity index is 1.81. The lowest BCUT2D eigenvalue weighted by molar-refractivity contribution is -0.122. The van der Waals surface area contributed by atoms with E-state index in [4.69, 9.17) is 0 Å². The van der Waals surface area contributed by atoms with E-state index >= 15 is 0 Å². The van der Waals surface area contributed by atoms with Gasteiger partial charge in [0.2, 0.25) is 5.91 Å². The number of aryl methyl sites for hydroxylation is 2. The van der Waals surface area contributed by atoms with Gasteiger partial charge in [0.05, 0.1) is 12.1 Å². The van der Waals surface area contributed by atoms with Crippen LogP contribution in [0, 0.1) is 6.92 Å². The predicted octanol–water partition coefficient (Wildman–Crippen LogP) is 2.74. The van der Waals surface area contributed by atoms with Gasteiger partial charge in [-0.1, -0.05) is 43.5 Å². The van der Waals surface area contributed by atoms with Gasteiger partial charge < -0.3 is 10.4 Å². The van der Waals surface area contributed by atoms with E-state index in [1.54, 1.807) is 0 Å². The third kappa shape index (κ3) is 4.34. The monoisotopic (exact) mass is 275 g/mol. The number of nitrogens with one attached hydrogen (secondary N) is 1. The lowest BCUT2D eigenvalue weighted by atomic mass is 10.0. The minimum Gasteiger partial charge on any atom is -0.391 e. The summed E-state index contributed by atoms with van der Waals surface area (Å²) >= 11 is 0. The molecule has 1 fully saturated rings. The number of aliphatic hydroxyl groups is 1. The topological polar surface area (TPSA) is 49.3 Å². The zero-order valence-corrected chi connectivity index (χ0v) is 12.3. The summed E-state index contributed by atoms with van der Waals surface area (Å²) in [7, 11) is 0. The Kier molecular flexibility index (Phi) is 5.60. The van der Waals surface area contributed by atoms with Crippen molar-refractivity contribution in [2.75, 3.05) is 0 Å². The van der Waals surface area contributed by atoms with Gasteiger partial charge >= 0.3 is 0 Å². The quantitative estimate of drug-likeness (QED) is 0.830. The SMILES string of the molecule is Cc1ccccc1CCC(=O)NC1CCCCCC1O. The zero-order chi connectivity index (χ0) is 14.4. The first-order valence-electron chi connectivity index (χ1n) is 7.69. The molecule has 1 aromatic rings. The normalized spacial score (nSPS) is 23.1. The Labute approximate surface area is 121 Å². The molecule has 3 nitrogen and oxygen atoms in total. The van der Waals surface area contributed by atoms with Crippen molar-refractivity contribution in [2.45, 2.75) is 64.0 Å². The summed E-state index contributed by atoms with van der Waals surface area (Å²) in [5.41, 5.74) is 2.46. The molecule has 2 unspecified atom stereocenters. The first-order chi connectivity index (χ1) is 9.66. The van der Waals surface area contributed by atoms with Gasteiger partial charge in [-0.15, -0.1) is 0 Å². The van der Waals surface area contributed by atoms with Gasteiger partial charge in [0, 0.05) is 6.42 Å². The standard InChI is InChI=1S/C17H25NO2/c1-13-7-5-6-8-14(13)11-12-17(20)18-15-9-3-2-4-10-16(15)19/h5-8,15-16,19H,2-4,9-12H2,1H3,(H,18,20). The number of carbonyl (C=O) groups excluding carboxylic acids is 1. The van der Waals surface area contributed by atoms with Crippen molar-refractivity contribution < 1.29 is 9.90 Å². The van der Waals surface area contributed by atoms with E-state index in [0.29, 0.717) is 6.42 Å². The Hall–Kier alpha value is -1.35. The van der Waals surface area contributed by atoms with Crippen molar-refractivity contribution in [1.82, 2.24) is 5.32 Å². The molecule has 0 aromatic heterocycles. The van der Waals surface area contributed by atoms with Crippen LogP contribution in [0.2, 0.25) is 0 Å². The van der Waals surface area contributed by atoms with Gasteiger partial charge in [-0.2, -0.15) is 0 Å². The van der Waals surface area contributed by atoms with Gasteiger partial charge in [0.25, 0.3) is 0 Å². The number of aliphatic hydroxyl groups excluding tert-OH is 1. The molecule has 0 heterocycles. The van der Waals surface area contributed by atoms with E-state index in [2.05, 4.69) is 24.4 Å². The number of hydrogen-bond donors (Lipinski definition) is 2. The molecule has 0 bridgehead atoms. The number of carbonyl (C=O) groups is 1. The Morgan fingerprint density at radius 2 is 2.00 bits per heavy atom. The molecule has 2 rings (SSSR count). The molecule has 20 heavy (non-hydrogen) atoms. The molecule has 0 saturated heterocycles. The highest BCUT2D eigenvalue weighted by Gasteiger charge is 2.22. The molecule has 110 valence electrons. The minimum absolute atomic E-state index is 0.0538. The van der Waals surface area contributed by atoms with Crippen LogP contribution in [0.4, 0.5) is 0 Å². The van der Waals surface area contributed by atoms with Crippen molar-refractivity contribution in [3.8, 4) is 0 Å². The first-order valence-corrected chi connectivity index (χ1v) is 7.69. The highest BCUT2D eigenvalue weighted by atomic mass is 16.3. The van der Waals surface area contributed by atoms with E-state index in [1.165, 1.54) is 11.1 Å². The van der Waals surface area contributed by atoms with Gasteiger partial charge in [-0.05, 0) is 37.3 Å². The van der Waals surface area contributed by atoms with Crippen LogP contribution in [0.1, 0.15) is 49.7 Å². The number of benzene rings is 1. The molecule has 1 aliphatic carbocycles. The molecule has 1 aromatic carbocycles. The smallest absolute Gasteiger partial charge is 0.220 e. The molecule has 3 heteroatoms. The van der Waals surface area contributed by atoms with Crippen LogP contribution in [0.5, 0.6) is 0 Å². The van der Waals surface area contributed by atoms with E-state index in [1.807, 2.05) is 12.1 Å². The van der Waals surface area contributed by atoms with E-state index in [-0.39, 0.29) is 18.1 Å². The summed E-state index contributed by atoms with van der Waals surface area (Å²) in [5.74, 6) is 0.0548. The van der Waals surface area contributed by atoms with Crippen molar-refractivity contribution >= 4 is 5.91 Å². The third-order valence-corrected chi connectivity index (χ3v) is 4.21. The second kappa shape index (κ2) is 7.44. The molecule has 1 aliphatic rings. The molecule has 1 saturated carbocycles. The van der Waals surface area contributed by atoms with Crippen LogP contribution in [-0.4, -0.2) is 23.2 Å². The van der Waals surface area contributed by atoms with Crippen LogP contribution in [0.25, 0.3) is 0 Å². The van der Waals surface area contributed by atoms with Crippen LogP contribution in [0.15, 0.2) is 24.3 Å². The fourth-order valence-corrected chi connectivity index (χ4v) is 2.87. The summed E-state index contributed by atoms with van der Waals surface area (Å²) in [6, 6.07) is 8.11. The molecular formula is C17H25NO2. The van der Waals surface area contributed by atoms with Crippen LogP contribution >= 0.6 is 0 Å². The molecule has 2 N–H and O–H groups in total. The first kappa shape index (κ1) is 15.0. The average molecular weight is 275 g/mol. The van der Waals surface area contributed by atoms with Crippen LogP contribution in [0.3, 0.4) is 0 Å². The highest BCUT2D eigenvalue weighted by Crippen LogP contribution is 2.18. The Bertz CT molecular complexity index is 444. The molecule has 0 aliphatic heterocycles. The second-order valence-electron chi connectivity index (χ2n) is 5.81. The number of amides is 1. The third-order valence-electron chi connectivity index (χ3n) is 4.21. The maximum absolute atomic E-state index is 12.0. The minimum atomic E-state index is -0.375. The molecular weight excluding hydrogens is 250 g/mol. The molecule has 2 atom stereocenters. The van der Waals surface area contributed by atoms with E-state index in [9.17, 15) is 9.90 Å². The summed E-state index contributed by atoms with van der Waals surface area (Å²) in [5, 5.41) is 13.0. The molecule has 0 spiro atoms. The fourth-order valence-electron chi connectivity index (χ4n) is 2.87. The van der Waals surface area contributed by atoms with Gasteiger partial charge in [-0.3, -0.25) is 4.79 Å². The Morgan fingerprint density at radius 1 is 1.25 bits per heavy atom. The maximum Gasteiger partial charge on any atom is 0.220 e. The Morgan fingerprint density at radius 3 is 2.80 bits per heavy atom. The molecule has 0 radical (unpaired) electrons. The highest BCUT2D eigenvalue weighted by molar-refractivity contribution is 5.76. The van der Waals surface area contributed by atoms with Gasteiger partial charge in [0.15, 0.2) is 0 Å². The maximum atomic E-state index is 12.0. The molecule has 1 amide bonds. The largest absolute Gasteiger partial charge is 0.391 e.